The lowest BCUT2D eigenvalue weighted by Crippen LogP contribution is -2.02. The van der Waals surface area contributed by atoms with Crippen LogP contribution in [0.1, 0.15) is 10.7 Å². The van der Waals surface area contributed by atoms with Gasteiger partial charge in [0.2, 0.25) is 0 Å². The normalized spacial score (nSPS) is 11.1. The Balaban J connectivity index is 2.99. The summed E-state index contributed by atoms with van der Waals surface area (Å²) in [5.41, 5.74) is 1.57. The number of nitriles is 1. The van der Waals surface area contributed by atoms with Crippen LogP contribution in [0.3, 0.4) is 0 Å². The minimum atomic E-state index is 0.614. The van der Waals surface area contributed by atoms with Gasteiger partial charge in [-0.05, 0) is 6.92 Å². The van der Waals surface area contributed by atoms with Crippen LogP contribution in [0, 0.1) is 18.3 Å². The van der Waals surface area contributed by atoms with E-state index in [0.29, 0.717) is 5.57 Å². The van der Waals surface area contributed by atoms with Crippen LogP contribution in [0.5, 0.6) is 0 Å². The van der Waals surface area contributed by atoms with Crippen LogP contribution in [0.4, 0.5) is 0 Å². The molecule has 1 rings (SSSR count). The molecule has 0 aliphatic rings. The third kappa shape index (κ3) is 2.56. The highest BCUT2D eigenvalue weighted by molar-refractivity contribution is 7.10. The first-order valence-electron chi connectivity index (χ1n) is 3.84. The Kier molecular flexibility index (Phi) is 3.04. The van der Waals surface area contributed by atoms with E-state index in [1.807, 2.05) is 31.3 Å². The minimum absolute atomic E-state index is 0.614. The van der Waals surface area contributed by atoms with Crippen molar-refractivity contribution in [1.82, 2.24) is 9.88 Å². The summed E-state index contributed by atoms with van der Waals surface area (Å²) in [5.74, 6) is 0. The summed E-state index contributed by atoms with van der Waals surface area (Å²) in [7, 11) is 3.77. The topological polar surface area (TPSA) is 39.9 Å². The molecule has 3 nitrogen and oxygen atoms in total. The number of rotatable bonds is 2. The fraction of sp³-hybridized carbons (Fsp3) is 0.333. The van der Waals surface area contributed by atoms with Crippen molar-refractivity contribution in [1.29, 1.82) is 5.26 Å². The smallest absolute Gasteiger partial charge is 0.135 e. The molecule has 13 heavy (non-hydrogen) atoms. The number of nitrogens with zero attached hydrogens (tertiary/aromatic N) is 3. The molecule has 0 radical (unpaired) electrons. The molecular formula is C9H11N3S. The molecule has 0 unspecified atom stereocenters. The average molecular weight is 193 g/mol. The monoisotopic (exact) mass is 193 g/mol. The summed E-state index contributed by atoms with van der Waals surface area (Å²) in [4.78, 5) is 6.08. The van der Waals surface area contributed by atoms with E-state index in [4.69, 9.17) is 5.26 Å². The van der Waals surface area contributed by atoms with E-state index < -0.39 is 0 Å². The molecule has 0 fully saturated rings. The van der Waals surface area contributed by atoms with Gasteiger partial charge in [0.1, 0.15) is 16.6 Å². The highest BCUT2D eigenvalue weighted by Gasteiger charge is 2.04. The number of aromatic nitrogens is 1. The van der Waals surface area contributed by atoms with Crippen LogP contribution in [-0.4, -0.2) is 24.0 Å². The molecule has 0 amide bonds. The maximum Gasteiger partial charge on any atom is 0.135 e. The van der Waals surface area contributed by atoms with Gasteiger partial charge in [0.25, 0.3) is 0 Å². The van der Waals surface area contributed by atoms with Crippen LogP contribution >= 0.6 is 11.3 Å². The predicted octanol–water partition coefficient (Wildman–Crippen LogP) is 1.88. The molecule has 68 valence electrons. The second-order valence-corrected chi connectivity index (χ2v) is 3.77. The Hall–Kier alpha value is -1.34. The first-order valence-corrected chi connectivity index (χ1v) is 4.72. The molecule has 0 saturated heterocycles. The summed E-state index contributed by atoms with van der Waals surface area (Å²) in [6, 6.07) is 2.13. The standard InChI is InChI=1S/C9H11N3S/c1-7-6-13-9(11-7)8(4-10)5-12(2)3/h5-6H,1-3H3/b8-5-. The maximum absolute atomic E-state index is 8.86. The molecule has 1 aromatic rings. The van der Waals surface area contributed by atoms with Crippen molar-refractivity contribution in [2.75, 3.05) is 14.1 Å². The number of aryl methyl sites for hydroxylation is 1. The van der Waals surface area contributed by atoms with Crippen molar-refractivity contribution in [2.45, 2.75) is 6.92 Å². The lowest BCUT2D eigenvalue weighted by atomic mass is 10.3. The molecular weight excluding hydrogens is 182 g/mol. The largest absolute Gasteiger partial charge is 0.382 e. The number of hydrogen-bond acceptors (Lipinski definition) is 4. The summed E-state index contributed by atoms with van der Waals surface area (Å²) >= 11 is 1.50. The van der Waals surface area contributed by atoms with E-state index in [1.54, 1.807) is 6.20 Å². The van der Waals surface area contributed by atoms with Gasteiger partial charge in [0, 0.05) is 31.4 Å². The molecule has 0 bridgehead atoms. The van der Waals surface area contributed by atoms with Crippen LogP contribution in [0.2, 0.25) is 0 Å². The summed E-state index contributed by atoms with van der Waals surface area (Å²) in [6.45, 7) is 1.92. The Bertz CT molecular complexity index is 357. The third-order valence-electron chi connectivity index (χ3n) is 1.36. The Labute approximate surface area is 81.9 Å². The van der Waals surface area contributed by atoms with E-state index in [-0.39, 0.29) is 0 Å². The van der Waals surface area contributed by atoms with E-state index in [0.717, 1.165) is 10.7 Å². The van der Waals surface area contributed by atoms with Gasteiger partial charge in [-0.3, -0.25) is 0 Å². The van der Waals surface area contributed by atoms with Crippen molar-refractivity contribution < 1.29 is 0 Å². The molecule has 0 aliphatic carbocycles. The molecule has 0 aliphatic heterocycles. The zero-order valence-electron chi connectivity index (χ0n) is 7.90. The van der Waals surface area contributed by atoms with Crippen LogP contribution < -0.4 is 0 Å². The predicted molar refractivity (Wildman–Crippen MR) is 54.1 cm³/mol. The van der Waals surface area contributed by atoms with Gasteiger partial charge in [0.15, 0.2) is 0 Å². The highest BCUT2D eigenvalue weighted by atomic mass is 32.1. The average Bonchev–Trinajstić information content (AvgIpc) is 2.47. The quantitative estimate of drug-likeness (QED) is 0.673. The Morgan fingerprint density at radius 1 is 1.69 bits per heavy atom. The van der Waals surface area contributed by atoms with Gasteiger partial charge in [0.05, 0.1) is 0 Å². The van der Waals surface area contributed by atoms with Crippen LogP contribution in [0.25, 0.3) is 5.57 Å². The first-order chi connectivity index (χ1) is 6.13. The van der Waals surface area contributed by atoms with Crippen molar-refractivity contribution in [2.24, 2.45) is 0 Å². The van der Waals surface area contributed by atoms with Crippen LogP contribution in [-0.2, 0) is 0 Å². The van der Waals surface area contributed by atoms with Gasteiger partial charge < -0.3 is 4.90 Å². The zero-order chi connectivity index (χ0) is 9.84. The molecule has 0 saturated carbocycles. The van der Waals surface area contributed by atoms with Gasteiger partial charge in [-0.25, -0.2) is 4.98 Å². The molecule has 0 N–H and O–H groups in total. The van der Waals surface area contributed by atoms with E-state index >= 15 is 0 Å². The second-order valence-electron chi connectivity index (χ2n) is 2.91. The lowest BCUT2D eigenvalue weighted by Gasteiger charge is -2.03. The van der Waals surface area contributed by atoms with E-state index in [9.17, 15) is 0 Å². The molecule has 0 aromatic carbocycles. The number of allylic oxidation sites excluding steroid dienone is 1. The molecule has 1 heterocycles. The number of hydrogen-bond donors (Lipinski definition) is 0. The van der Waals surface area contributed by atoms with Crippen molar-refractivity contribution in [3.63, 3.8) is 0 Å². The fourth-order valence-electron chi connectivity index (χ4n) is 0.868. The second kappa shape index (κ2) is 4.06. The number of thiazole rings is 1. The molecule has 4 heteroatoms. The van der Waals surface area contributed by atoms with E-state index in [2.05, 4.69) is 11.1 Å². The van der Waals surface area contributed by atoms with Gasteiger partial charge in [-0.1, -0.05) is 0 Å². The maximum atomic E-state index is 8.86. The Morgan fingerprint density at radius 3 is 2.77 bits per heavy atom. The van der Waals surface area contributed by atoms with Gasteiger partial charge in [-0.15, -0.1) is 11.3 Å². The van der Waals surface area contributed by atoms with Crippen molar-refractivity contribution in [3.05, 3.63) is 22.3 Å². The SMILES string of the molecule is Cc1csc(/C(C#N)=C\N(C)C)n1. The summed E-state index contributed by atoms with van der Waals surface area (Å²) in [5, 5.41) is 11.6. The van der Waals surface area contributed by atoms with Crippen LogP contribution in [0.15, 0.2) is 11.6 Å². The van der Waals surface area contributed by atoms with Crippen molar-refractivity contribution >= 4 is 16.9 Å². The lowest BCUT2D eigenvalue weighted by molar-refractivity contribution is 0.566. The van der Waals surface area contributed by atoms with Crippen molar-refractivity contribution in [3.8, 4) is 6.07 Å². The first kappa shape index (κ1) is 9.75. The third-order valence-corrected chi connectivity index (χ3v) is 2.35. The molecule has 0 atom stereocenters. The van der Waals surface area contributed by atoms with Gasteiger partial charge in [-0.2, -0.15) is 5.26 Å². The zero-order valence-corrected chi connectivity index (χ0v) is 8.72. The minimum Gasteiger partial charge on any atom is -0.382 e. The Morgan fingerprint density at radius 2 is 2.38 bits per heavy atom. The molecule has 1 aromatic heterocycles. The van der Waals surface area contributed by atoms with E-state index in [1.165, 1.54) is 11.3 Å². The molecule has 0 spiro atoms. The summed E-state index contributed by atoms with van der Waals surface area (Å²) < 4.78 is 0. The highest BCUT2D eigenvalue weighted by Crippen LogP contribution is 2.18. The summed E-state index contributed by atoms with van der Waals surface area (Å²) in [6.07, 6.45) is 1.78. The fourth-order valence-corrected chi connectivity index (χ4v) is 1.62. The van der Waals surface area contributed by atoms with Gasteiger partial charge >= 0.3 is 0 Å².